The predicted octanol–water partition coefficient (Wildman–Crippen LogP) is 4.06. The van der Waals surface area contributed by atoms with E-state index in [4.69, 9.17) is 9.84 Å². The Morgan fingerprint density at radius 2 is 1.08 bits per heavy atom. The number of carbonyl (C=O) groups is 2. The molecule has 0 fully saturated rings. The Kier molecular flexibility index (Phi) is 16.9. The molecule has 0 radical (unpaired) electrons. The van der Waals surface area contributed by atoms with Gasteiger partial charge in [-0.1, -0.05) is 72.6 Å². The number of amides is 2. The summed E-state index contributed by atoms with van der Waals surface area (Å²) in [5, 5.41) is 33.7. The summed E-state index contributed by atoms with van der Waals surface area (Å²) in [6.45, 7) is 8.07. The van der Waals surface area contributed by atoms with Gasteiger partial charge in [-0.2, -0.15) is 0 Å². The number of ether oxygens (including phenoxy) is 1. The van der Waals surface area contributed by atoms with Crippen molar-refractivity contribution in [2.75, 3.05) is 26.4 Å². The highest BCUT2D eigenvalue weighted by Crippen LogP contribution is 2.20. The lowest BCUT2D eigenvalue weighted by atomic mass is 10.0. The van der Waals surface area contributed by atoms with Crippen LogP contribution < -0.4 is 15.4 Å². The number of aliphatic hydroxyl groups excluding tert-OH is 3. The molecule has 2 atom stereocenters. The monoisotopic (exact) mass is 522 g/mol. The van der Waals surface area contributed by atoms with Gasteiger partial charge < -0.3 is 30.7 Å². The molecule has 0 heterocycles. The molecule has 0 aromatic heterocycles. The maximum Gasteiger partial charge on any atom is 0.251 e. The Labute approximate surface area is 223 Å². The molecule has 5 N–H and O–H groups in total. The fourth-order valence-corrected chi connectivity index (χ4v) is 3.94. The van der Waals surface area contributed by atoms with Gasteiger partial charge in [-0.3, -0.25) is 9.59 Å². The van der Waals surface area contributed by atoms with Gasteiger partial charge in [-0.25, -0.2) is 0 Å². The van der Waals surface area contributed by atoms with E-state index < -0.39 is 12.1 Å². The quantitative estimate of drug-likeness (QED) is 0.164. The molecule has 0 aliphatic carbocycles. The highest BCUT2D eigenvalue weighted by molar-refractivity contribution is 6.00. The van der Waals surface area contributed by atoms with Crippen LogP contribution in [-0.2, 0) is 0 Å². The molecule has 1 aromatic rings. The second-order valence-electron chi connectivity index (χ2n) is 10.5. The van der Waals surface area contributed by atoms with Crippen molar-refractivity contribution < 1.29 is 29.6 Å². The normalized spacial score (nSPS) is 13.0. The van der Waals surface area contributed by atoms with Crippen LogP contribution in [0, 0.1) is 11.8 Å². The average Bonchev–Trinajstić information content (AvgIpc) is 2.88. The molecule has 212 valence electrons. The summed E-state index contributed by atoms with van der Waals surface area (Å²) in [6, 6.07) is 3.97. The Morgan fingerprint density at radius 3 is 1.46 bits per heavy atom. The van der Waals surface area contributed by atoms with Gasteiger partial charge >= 0.3 is 0 Å². The first-order valence-electron chi connectivity index (χ1n) is 14.0. The maximum atomic E-state index is 12.9. The lowest BCUT2D eigenvalue weighted by molar-refractivity contribution is 0.0894. The second-order valence-corrected chi connectivity index (χ2v) is 10.5. The van der Waals surface area contributed by atoms with Gasteiger partial charge in [0.15, 0.2) is 0 Å². The molecular weight excluding hydrogens is 472 g/mol. The Balaban J connectivity index is 2.77. The Morgan fingerprint density at radius 1 is 0.676 bits per heavy atom. The zero-order valence-electron chi connectivity index (χ0n) is 23.3. The Hall–Kier alpha value is -2.16. The number of hydrogen-bond donors (Lipinski definition) is 5. The summed E-state index contributed by atoms with van der Waals surface area (Å²) in [6.07, 6.45) is 9.82. The van der Waals surface area contributed by atoms with Gasteiger partial charge in [0.25, 0.3) is 11.8 Å². The van der Waals surface area contributed by atoms with Crippen molar-refractivity contribution in [3.8, 4) is 5.75 Å². The summed E-state index contributed by atoms with van der Waals surface area (Å²) >= 11 is 0. The lowest BCUT2D eigenvalue weighted by Gasteiger charge is -2.21. The molecule has 1 aromatic carbocycles. The van der Waals surface area contributed by atoms with E-state index in [2.05, 4.69) is 10.6 Å². The number of rotatable bonds is 20. The van der Waals surface area contributed by atoms with Crippen LogP contribution in [0.15, 0.2) is 18.2 Å². The molecule has 1 rings (SSSR count). The standard InChI is InChI=1S/C29H50N2O6/c1-21(2)26(19-33)30-28(35)23-16-24(29(36)31-27(20-34)22(3)4)18-25(17-23)37-15-13-11-9-7-5-6-8-10-12-14-32/h16-18,21-22,26-27,32-34H,5-15,19-20H2,1-4H3,(H,30,35)(H,31,36)/t26-,27-/m1/s1. The fraction of sp³-hybridized carbons (Fsp3) is 0.724. The van der Waals surface area contributed by atoms with E-state index in [1.165, 1.54) is 31.7 Å². The van der Waals surface area contributed by atoms with Crippen LogP contribution in [0.1, 0.15) is 106 Å². The van der Waals surface area contributed by atoms with Crippen LogP contribution in [0.2, 0.25) is 0 Å². The maximum absolute atomic E-state index is 12.9. The number of carbonyl (C=O) groups excluding carboxylic acids is 2. The van der Waals surface area contributed by atoms with E-state index in [-0.39, 0.29) is 54.6 Å². The molecule has 0 saturated heterocycles. The van der Waals surface area contributed by atoms with E-state index in [1.807, 2.05) is 27.7 Å². The third-order valence-electron chi connectivity index (χ3n) is 6.64. The third-order valence-corrected chi connectivity index (χ3v) is 6.64. The van der Waals surface area contributed by atoms with Crippen LogP contribution in [0.5, 0.6) is 5.75 Å². The summed E-state index contributed by atoms with van der Waals surface area (Å²) in [4.78, 5) is 25.9. The van der Waals surface area contributed by atoms with Crippen molar-refractivity contribution in [2.45, 2.75) is 97.6 Å². The highest BCUT2D eigenvalue weighted by atomic mass is 16.5. The lowest BCUT2D eigenvalue weighted by Crippen LogP contribution is -2.42. The smallest absolute Gasteiger partial charge is 0.251 e. The predicted molar refractivity (Wildman–Crippen MR) is 147 cm³/mol. The van der Waals surface area contributed by atoms with Crippen molar-refractivity contribution in [2.24, 2.45) is 11.8 Å². The largest absolute Gasteiger partial charge is 0.494 e. The fourth-order valence-electron chi connectivity index (χ4n) is 3.94. The highest BCUT2D eigenvalue weighted by Gasteiger charge is 2.21. The molecule has 37 heavy (non-hydrogen) atoms. The summed E-state index contributed by atoms with van der Waals surface area (Å²) in [7, 11) is 0. The summed E-state index contributed by atoms with van der Waals surface area (Å²) < 4.78 is 5.93. The van der Waals surface area contributed by atoms with Crippen molar-refractivity contribution in [1.82, 2.24) is 10.6 Å². The van der Waals surface area contributed by atoms with Gasteiger partial charge in [0.1, 0.15) is 5.75 Å². The van der Waals surface area contributed by atoms with Crippen molar-refractivity contribution >= 4 is 11.8 Å². The van der Waals surface area contributed by atoms with Gasteiger partial charge in [-0.05, 0) is 42.9 Å². The van der Waals surface area contributed by atoms with Crippen molar-refractivity contribution in [3.63, 3.8) is 0 Å². The molecule has 2 amide bonds. The van der Waals surface area contributed by atoms with E-state index >= 15 is 0 Å². The summed E-state index contributed by atoms with van der Waals surface area (Å²) in [5.74, 6) is -0.222. The van der Waals surface area contributed by atoms with E-state index in [0.29, 0.717) is 12.4 Å². The summed E-state index contributed by atoms with van der Waals surface area (Å²) in [5.41, 5.74) is 0.570. The van der Waals surface area contributed by atoms with Gasteiger partial charge in [-0.15, -0.1) is 0 Å². The van der Waals surface area contributed by atoms with E-state index in [9.17, 15) is 19.8 Å². The van der Waals surface area contributed by atoms with Gasteiger partial charge in [0.2, 0.25) is 0 Å². The number of aliphatic hydroxyl groups is 3. The van der Waals surface area contributed by atoms with Crippen LogP contribution in [0.4, 0.5) is 0 Å². The molecule has 0 aliphatic rings. The minimum absolute atomic E-state index is 0.0491. The molecule has 0 unspecified atom stereocenters. The van der Waals surface area contributed by atoms with Crippen LogP contribution in [0.25, 0.3) is 0 Å². The number of unbranched alkanes of at least 4 members (excludes halogenated alkanes) is 8. The van der Waals surface area contributed by atoms with E-state index in [1.54, 1.807) is 12.1 Å². The van der Waals surface area contributed by atoms with Gasteiger partial charge in [0, 0.05) is 17.7 Å². The number of nitrogens with one attached hydrogen (secondary N) is 2. The molecular formula is C29H50N2O6. The molecule has 0 spiro atoms. The average molecular weight is 523 g/mol. The van der Waals surface area contributed by atoms with Gasteiger partial charge in [0.05, 0.1) is 31.9 Å². The first kappa shape index (κ1) is 32.9. The van der Waals surface area contributed by atoms with Crippen LogP contribution in [-0.4, -0.2) is 65.6 Å². The first-order valence-corrected chi connectivity index (χ1v) is 14.0. The molecule has 8 heteroatoms. The van der Waals surface area contributed by atoms with Crippen LogP contribution >= 0.6 is 0 Å². The zero-order chi connectivity index (χ0) is 27.6. The van der Waals surface area contributed by atoms with Crippen LogP contribution in [0.3, 0.4) is 0 Å². The van der Waals surface area contributed by atoms with E-state index in [0.717, 1.165) is 32.1 Å². The SMILES string of the molecule is CC(C)[C@@H](CO)NC(=O)c1cc(OCCCCCCCCCCCO)cc(C(=O)N[C@H](CO)C(C)C)c1. The Bertz CT molecular complexity index is 735. The molecule has 8 nitrogen and oxygen atoms in total. The minimum Gasteiger partial charge on any atom is -0.494 e. The molecule has 0 aliphatic heterocycles. The van der Waals surface area contributed by atoms with Crippen molar-refractivity contribution in [3.05, 3.63) is 29.3 Å². The third kappa shape index (κ3) is 13.3. The topological polar surface area (TPSA) is 128 Å². The second kappa shape index (κ2) is 19.0. The van der Waals surface area contributed by atoms with Crippen molar-refractivity contribution in [1.29, 1.82) is 0 Å². The first-order chi connectivity index (χ1) is 17.7. The zero-order valence-corrected chi connectivity index (χ0v) is 23.3. The minimum atomic E-state index is -0.399. The number of benzene rings is 1. The number of hydrogen-bond acceptors (Lipinski definition) is 6. The molecule has 0 saturated carbocycles. The molecule has 0 bridgehead atoms.